The van der Waals surface area contributed by atoms with Crippen LogP contribution in [0.5, 0.6) is 0 Å². The Hall–Kier alpha value is -2.04. The van der Waals surface area contributed by atoms with Crippen molar-refractivity contribution in [3.8, 4) is 0 Å². The van der Waals surface area contributed by atoms with Gasteiger partial charge in [0.25, 0.3) is 0 Å². The number of carbonyl (C=O) groups is 2. The molecule has 5 heteroatoms. The molecule has 0 saturated carbocycles. The fourth-order valence-electron chi connectivity index (χ4n) is 2.76. The van der Waals surface area contributed by atoms with E-state index in [0.29, 0.717) is 31.5 Å². The molecule has 1 heterocycles. The first-order valence-corrected chi connectivity index (χ1v) is 7.70. The lowest BCUT2D eigenvalue weighted by Crippen LogP contribution is -2.44. The number of hydrogen-bond acceptors (Lipinski definition) is 3. The first-order valence-electron chi connectivity index (χ1n) is 7.70. The van der Waals surface area contributed by atoms with E-state index in [4.69, 9.17) is 5.73 Å². The zero-order valence-electron chi connectivity index (χ0n) is 13.6. The average Bonchev–Trinajstić information content (AvgIpc) is 2.78. The van der Waals surface area contributed by atoms with E-state index < -0.39 is 0 Å². The molecule has 5 nitrogen and oxygen atoms in total. The number of likely N-dealkylation sites (tertiary alicyclic amines) is 1. The number of rotatable bonds is 4. The Labute approximate surface area is 131 Å². The van der Waals surface area contributed by atoms with Crippen LogP contribution < -0.4 is 11.1 Å². The van der Waals surface area contributed by atoms with Crippen LogP contribution in [0.15, 0.2) is 24.3 Å². The van der Waals surface area contributed by atoms with Crippen molar-refractivity contribution in [3.05, 3.63) is 29.8 Å². The van der Waals surface area contributed by atoms with E-state index >= 15 is 0 Å². The number of nitrogens with one attached hydrogen (secondary N) is 1. The van der Waals surface area contributed by atoms with Crippen molar-refractivity contribution in [1.29, 1.82) is 0 Å². The Kier molecular flexibility index (Phi) is 4.74. The minimum atomic E-state index is -0.199. The summed E-state index contributed by atoms with van der Waals surface area (Å²) >= 11 is 0. The highest BCUT2D eigenvalue weighted by atomic mass is 16.2. The zero-order chi connectivity index (χ0) is 16.3. The Bertz CT molecular complexity index is 563. The van der Waals surface area contributed by atoms with Crippen molar-refractivity contribution in [2.45, 2.75) is 51.6 Å². The molecule has 2 rings (SSSR count). The lowest BCUT2D eigenvalue weighted by molar-refractivity contribution is -0.131. The molecule has 0 aromatic heterocycles. The molecule has 1 fully saturated rings. The highest BCUT2D eigenvalue weighted by Crippen LogP contribution is 2.22. The quantitative estimate of drug-likeness (QED) is 0.832. The summed E-state index contributed by atoms with van der Waals surface area (Å²) in [7, 11) is 0. The van der Waals surface area contributed by atoms with Gasteiger partial charge in [0.2, 0.25) is 11.8 Å². The second-order valence-electron chi connectivity index (χ2n) is 6.84. The lowest BCUT2D eigenvalue weighted by atomic mass is 10.1. The van der Waals surface area contributed by atoms with Crippen LogP contribution in [0.3, 0.4) is 0 Å². The van der Waals surface area contributed by atoms with Crippen LogP contribution >= 0.6 is 0 Å². The van der Waals surface area contributed by atoms with Crippen LogP contribution in [-0.2, 0) is 16.0 Å². The second-order valence-corrected chi connectivity index (χ2v) is 6.84. The molecule has 0 radical (unpaired) electrons. The van der Waals surface area contributed by atoms with Gasteiger partial charge >= 0.3 is 0 Å². The van der Waals surface area contributed by atoms with Crippen molar-refractivity contribution in [2.75, 3.05) is 12.3 Å². The molecule has 1 aromatic rings. The van der Waals surface area contributed by atoms with Gasteiger partial charge in [-0.25, -0.2) is 0 Å². The largest absolute Gasteiger partial charge is 0.399 e. The summed E-state index contributed by atoms with van der Waals surface area (Å²) < 4.78 is 0. The fraction of sp³-hybridized carbons (Fsp3) is 0.529. The van der Waals surface area contributed by atoms with Gasteiger partial charge in [-0.3, -0.25) is 9.59 Å². The van der Waals surface area contributed by atoms with E-state index in [2.05, 4.69) is 5.32 Å². The van der Waals surface area contributed by atoms with E-state index in [1.807, 2.05) is 49.9 Å². The standard InChI is InChI=1S/C17H25N3O2/c1-17(2,3)20-11-13(10-16(20)22)19-15(21)9-8-12-6-4-5-7-14(12)18/h4-7,13H,8-11,18H2,1-3H3,(H,19,21). The topological polar surface area (TPSA) is 75.4 Å². The third-order valence-corrected chi connectivity index (χ3v) is 3.98. The summed E-state index contributed by atoms with van der Waals surface area (Å²) in [5.74, 6) is 0.0712. The number of nitrogens with zero attached hydrogens (tertiary/aromatic N) is 1. The monoisotopic (exact) mass is 303 g/mol. The van der Waals surface area contributed by atoms with Crippen LogP contribution in [0.1, 0.15) is 39.2 Å². The van der Waals surface area contributed by atoms with E-state index in [1.54, 1.807) is 0 Å². The summed E-state index contributed by atoms with van der Waals surface area (Å²) in [5, 5.41) is 2.96. The van der Waals surface area contributed by atoms with Gasteiger partial charge in [0.15, 0.2) is 0 Å². The molecule has 1 saturated heterocycles. The van der Waals surface area contributed by atoms with Gasteiger partial charge < -0.3 is 16.0 Å². The molecule has 0 bridgehead atoms. The molecule has 1 atom stereocenters. The third-order valence-electron chi connectivity index (χ3n) is 3.98. The molecule has 2 amide bonds. The number of nitrogens with two attached hydrogens (primary N) is 1. The van der Waals surface area contributed by atoms with Gasteiger partial charge in [-0.05, 0) is 38.8 Å². The van der Waals surface area contributed by atoms with Crippen LogP contribution in [-0.4, -0.2) is 34.8 Å². The molecule has 1 aromatic carbocycles. The van der Waals surface area contributed by atoms with E-state index in [9.17, 15) is 9.59 Å². The van der Waals surface area contributed by atoms with Crippen molar-refractivity contribution in [3.63, 3.8) is 0 Å². The normalized spacial score (nSPS) is 18.6. The van der Waals surface area contributed by atoms with E-state index in [0.717, 1.165) is 5.56 Å². The molecule has 1 aliphatic rings. The van der Waals surface area contributed by atoms with Gasteiger partial charge in [-0.1, -0.05) is 18.2 Å². The van der Waals surface area contributed by atoms with E-state index in [1.165, 1.54) is 0 Å². The predicted octanol–water partition coefficient (Wildman–Crippen LogP) is 1.72. The minimum absolute atomic E-state index is 0.0307. The number of amides is 2. The maximum absolute atomic E-state index is 12.1. The Morgan fingerprint density at radius 3 is 2.64 bits per heavy atom. The van der Waals surface area contributed by atoms with Crippen LogP contribution in [0.4, 0.5) is 5.69 Å². The van der Waals surface area contributed by atoms with E-state index in [-0.39, 0.29) is 23.4 Å². The predicted molar refractivity (Wildman–Crippen MR) is 87.2 cm³/mol. The summed E-state index contributed by atoms with van der Waals surface area (Å²) in [5.41, 5.74) is 7.37. The smallest absolute Gasteiger partial charge is 0.225 e. The molecule has 1 unspecified atom stereocenters. The Morgan fingerprint density at radius 2 is 2.05 bits per heavy atom. The van der Waals surface area contributed by atoms with Crippen molar-refractivity contribution in [1.82, 2.24) is 10.2 Å². The molecule has 0 spiro atoms. The number of carbonyl (C=O) groups excluding carboxylic acids is 2. The first-order chi connectivity index (χ1) is 10.3. The highest BCUT2D eigenvalue weighted by molar-refractivity contribution is 5.82. The summed E-state index contributed by atoms with van der Waals surface area (Å²) in [6, 6.07) is 7.48. The van der Waals surface area contributed by atoms with Gasteiger partial charge in [-0.2, -0.15) is 0 Å². The number of hydrogen-bond donors (Lipinski definition) is 2. The summed E-state index contributed by atoms with van der Waals surface area (Å²) in [6.45, 7) is 6.61. The van der Waals surface area contributed by atoms with Crippen molar-refractivity contribution in [2.24, 2.45) is 0 Å². The lowest BCUT2D eigenvalue weighted by Gasteiger charge is -2.32. The molecule has 0 aliphatic carbocycles. The molecule has 120 valence electrons. The number of anilines is 1. The van der Waals surface area contributed by atoms with Gasteiger partial charge in [-0.15, -0.1) is 0 Å². The Balaban J connectivity index is 1.84. The molecule has 3 N–H and O–H groups in total. The maximum Gasteiger partial charge on any atom is 0.225 e. The number of aryl methyl sites for hydroxylation is 1. The zero-order valence-corrected chi connectivity index (χ0v) is 13.6. The SMILES string of the molecule is CC(C)(C)N1CC(NC(=O)CCc2ccccc2N)CC1=O. The van der Waals surface area contributed by atoms with Crippen molar-refractivity contribution < 1.29 is 9.59 Å². The summed E-state index contributed by atoms with van der Waals surface area (Å²) in [6.07, 6.45) is 1.38. The molecule has 22 heavy (non-hydrogen) atoms. The number of nitrogen functional groups attached to an aromatic ring is 1. The average molecular weight is 303 g/mol. The number of benzene rings is 1. The minimum Gasteiger partial charge on any atom is -0.399 e. The second kappa shape index (κ2) is 6.38. The third kappa shape index (κ3) is 4.00. The van der Waals surface area contributed by atoms with Gasteiger partial charge in [0.1, 0.15) is 0 Å². The van der Waals surface area contributed by atoms with Gasteiger partial charge in [0.05, 0.1) is 6.04 Å². The molecular weight excluding hydrogens is 278 g/mol. The fourth-order valence-corrected chi connectivity index (χ4v) is 2.76. The number of para-hydroxylation sites is 1. The van der Waals surface area contributed by atoms with Crippen LogP contribution in [0.2, 0.25) is 0 Å². The highest BCUT2D eigenvalue weighted by Gasteiger charge is 2.36. The maximum atomic E-state index is 12.1. The van der Waals surface area contributed by atoms with Crippen molar-refractivity contribution >= 4 is 17.5 Å². The van der Waals surface area contributed by atoms with Crippen LogP contribution in [0, 0.1) is 0 Å². The van der Waals surface area contributed by atoms with Gasteiger partial charge in [0, 0.05) is 30.6 Å². The molecule has 1 aliphatic heterocycles. The van der Waals surface area contributed by atoms with Crippen LogP contribution in [0.25, 0.3) is 0 Å². The summed E-state index contributed by atoms with van der Waals surface area (Å²) in [4.78, 5) is 25.9. The first kappa shape index (κ1) is 16.3. The molecular formula is C17H25N3O2. The Morgan fingerprint density at radius 1 is 1.36 bits per heavy atom.